The van der Waals surface area contributed by atoms with Crippen LogP contribution in [0.15, 0.2) is 0 Å². The summed E-state index contributed by atoms with van der Waals surface area (Å²) in [6, 6.07) is 0.00883. The highest BCUT2D eigenvalue weighted by Crippen LogP contribution is 2.19. The number of halogens is 3. The van der Waals surface area contributed by atoms with Gasteiger partial charge in [-0.2, -0.15) is 0 Å². The van der Waals surface area contributed by atoms with Crippen molar-refractivity contribution in [2.45, 2.75) is 26.3 Å². The van der Waals surface area contributed by atoms with Gasteiger partial charge in [0.25, 0.3) is 0 Å². The van der Waals surface area contributed by atoms with E-state index in [-0.39, 0.29) is 25.0 Å². The number of amides is 1. The molecule has 1 amide bonds. The van der Waals surface area contributed by atoms with E-state index in [0.29, 0.717) is 6.54 Å². The van der Waals surface area contributed by atoms with Crippen LogP contribution in [-0.2, 0) is 4.74 Å². The number of nitrogens with one attached hydrogen (secondary N) is 1. The van der Waals surface area contributed by atoms with E-state index in [1.165, 1.54) is 0 Å². The number of hydrogen-bond donors (Lipinski definition) is 1. The van der Waals surface area contributed by atoms with Crippen LogP contribution in [0.1, 0.15) is 13.8 Å². The highest BCUT2D eigenvalue weighted by atomic mass is 19.4. The van der Waals surface area contributed by atoms with E-state index < -0.39 is 12.5 Å². The van der Waals surface area contributed by atoms with Crippen molar-refractivity contribution in [1.29, 1.82) is 0 Å². The molecule has 0 unspecified atom stereocenters. The Morgan fingerprint density at radius 3 is 2.62 bits per heavy atom. The van der Waals surface area contributed by atoms with E-state index in [1.807, 2.05) is 13.8 Å². The summed E-state index contributed by atoms with van der Waals surface area (Å²) < 4.78 is 38.9. The van der Waals surface area contributed by atoms with Crippen molar-refractivity contribution in [3.8, 4) is 0 Å². The van der Waals surface area contributed by atoms with Crippen molar-refractivity contribution in [2.75, 3.05) is 19.6 Å². The Bertz CT molecular complexity index is 256. The minimum atomic E-state index is -4.91. The summed E-state index contributed by atoms with van der Waals surface area (Å²) in [7, 11) is 0. The molecule has 7 heteroatoms. The summed E-state index contributed by atoms with van der Waals surface area (Å²) >= 11 is 0. The van der Waals surface area contributed by atoms with Gasteiger partial charge >= 0.3 is 12.5 Å². The van der Waals surface area contributed by atoms with Gasteiger partial charge in [-0.05, 0) is 5.92 Å². The maximum absolute atomic E-state index is 11.8. The summed E-state index contributed by atoms with van der Waals surface area (Å²) in [5, 5.41) is 3.14. The summed E-state index contributed by atoms with van der Waals surface area (Å²) in [5.41, 5.74) is 0. The van der Waals surface area contributed by atoms with E-state index in [1.54, 1.807) is 0 Å². The SMILES string of the molecule is CC(C)[C@@H]1CN(C(=O)OC(F)(F)F)CCN1. The fourth-order valence-electron chi connectivity index (χ4n) is 1.55. The molecule has 1 atom stereocenters. The first kappa shape index (κ1) is 13.1. The summed E-state index contributed by atoms with van der Waals surface area (Å²) in [5.74, 6) is 0.251. The zero-order chi connectivity index (χ0) is 12.3. The highest BCUT2D eigenvalue weighted by molar-refractivity contribution is 5.68. The van der Waals surface area contributed by atoms with Crippen LogP contribution in [-0.4, -0.2) is 43.0 Å². The zero-order valence-electron chi connectivity index (χ0n) is 9.17. The van der Waals surface area contributed by atoms with Crippen LogP contribution in [0.5, 0.6) is 0 Å². The predicted octanol–water partition coefficient (Wildman–Crippen LogP) is 1.57. The van der Waals surface area contributed by atoms with E-state index >= 15 is 0 Å². The molecule has 0 aliphatic carbocycles. The maximum Gasteiger partial charge on any atom is 0.576 e. The largest absolute Gasteiger partial charge is 0.576 e. The molecule has 1 aliphatic rings. The average molecular weight is 240 g/mol. The average Bonchev–Trinajstić information content (AvgIpc) is 2.15. The number of nitrogens with zero attached hydrogens (tertiary/aromatic N) is 1. The fraction of sp³-hybridized carbons (Fsp3) is 0.889. The van der Waals surface area contributed by atoms with E-state index in [2.05, 4.69) is 10.1 Å². The van der Waals surface area contributed by atoms with Crippen LogP contribution in [0.2, 0.25) is 0 Å². The second-order valence-corrected chi connectivity index (χ2v) is 4.06. The quantitative estimate of drug-likeness (QED) is 0.756. The summed E-state index contributed by atoms with van der Waals surface area (Å²) in [6.45, 7) is 4.84. The molecule has 0 spiro atoms. The third kappa shape index (κ3) is 3.88. The highest BCUT2D eigenvalue weighted by Gasteiger charge is 2.37. The number of carbonyl (C=O) groups is 1. The summed E-state index contributed by atoms with van der Waals surface area (Å²) in [6.07, 6.45) is -6.23. The molecule has 0 aromatic heterocycles. The van der Waals surface area contributed by atoms with Gasteiger partial charge in [0.05, 0.1) is 0 Å². The van der Waals surface area contributed by atoms with Crippen LogP contribution < -0.4 is 5.32 Å². The lowest BCUT2D eigenvalue weighted by atomic mass is 10.0. The van der Waals surface area contributed by atoms with Crippen LogP contribution in [0.25, 0.3) is 0 Å². The van der Waals surface area contributed by atoms with Gasteiger partial charge in [-0.25, -0.2) is 4.79 Å². The van der Waals surface area contributed by atoms with Crippen molar-refractivity contribution in [2.24, 2.45) is 5.92 Å². The molecule has 0 radical (unpaired) electrons. The molecule has 1 rings (SSSR count). The number of carbonyl (C=O) groups excluding carboxylic acids is 1. The second-order valence-electron chi connectivity index (χ2n) is 4.06. The molecule has 1 aliphatic heterocycles. The molecule has 94 valence electrons. The standard InChI is InChI=1S/C9H15F3N2O2/c1-6(2)7-5-14(4-3-13-7)8(15)16-9(10,11)12/h6-7,13H,3-5H2,1-2H3/t7-/m0/s1. The van der Waals surface area contributed by atoms with Crippen molar-refractivity contribution in [3.05, 3.63) is 0 Å². The monoisotopic (exact) mass is 240 g/mol. The molecule has 1 N–H and O–H groups in total. The van der Waals surface area contributed by atoms with Crippen molar-refractivity contribution in [3.63, 3.8) is 0 Å². The Balaban J connectivity index is 2.50. The Morgan fingerprint density at radius 1 is 1.50 bits per heavy atom. The normalized spacial score (nSPS) is 22.4. The molecule has 4 nitrogen and oxygen atoms in total. The van der Waals surface area contributed by atoms with Crippen molar-refractivity contribution >= 4 is 6.09 Å². The van der Waals surface area contributed by atoms with Gasteiger partial charge in [0, 0.05) is 25.7 Å². The number of hydrogen-bond acceptors (Lipinski definition) is 3. The lowest BCUT2D eigenvalue weighted by molar-refractivity contribution is -0.295. The zero-order valence-corrected chi connectivity index (χ0v) is 9.17. The first-order valence-corrected chi connectivity index (χ1v) is 5.07. The van der Waals surface area contributed by atoms with Crippen molar-refractivity contribution in [1.82, 2.24) is 10.2 Å². The maximum atomic E-state index is 11.8. The number of piperazine rings is 1. The van der Waals surface area contributed by atoms with Crippen LogP contribution in [0, 0.1) is 5.92 Å². The Hall–Kier alpha value is -0.980. The Kier molecular flexibility index (Phi) is 4.01. The van der Waals surface area contributed by atoms with Gasteiger partial charge in [-0.15, -0.1) is 13.2 Å². The van der Waals surface area contributed by atoms with Gasteiger partial charge in [0.2, 0.25) is 0 Å². The predicted molar refractivity (Wildman–Crippen MR) is 50.7 cm³/mol. The van der Waals surface area contributed by atoms with Gasteiger partial charge in [0.15, 0.2) is 0 Å². The van der Waals surface area contributed by atoms with E-state index in [9.17, 15) is 18.0 Å². The number of ether oxygens (including phenoxy) is 1. The molecule has 1 heterocycles. The van der Waals surface area contributed by atoms with Gasteiger partial charge in [0.1, 0.15) is 0 Å². The molecule has 1 saturated heterocycles. The van der Waals surface area contributed by atoms with Crippen LogP contribution in [0.4, 0.5) is 18.0 Å². The lowest BCUT2D eigenvalue weighted by Gasteiger charge is -2.35. The topological polar surface area (TPSA) is 41.6 Å². The van der Waals surface area contributed by atoms with Gasteiger partial charge < -0.3 is 15.0 Å². The van der Waals surface area contributed by atoms with Crippen LogP contribution in [0.3, 0.4) is 0 Å². The number of rotatable bonds is 1. The third-order valence-electron chi connectivity index (χ3n) is 2.47. The minimum absolute atomic E-state index is 0.00883. The minimum Gasteiger partial charge on any atom is -0.356 e. The van der Waals surface area contributed by atoms with Crippen LogP contribution >= 0.6 is 0 Å². The molecule has 0 bridgehead atoms. The Labute approximate surface area is 91.7 Å². The molecular weight excluding hydrogens is 225 g/mol. The first-order valence-electron chi connectivity index (χ1n) is 5.07. The third-order valence-corrected chi connectivity index (χ3v) is 2.47. The lowest BCUT2D eigenvalue weighted by Crippen LogP contribution is -2.55. The smallest absolute Gasteiger partial charge is 0.356 e. The van der Waals surface area contributed by atoms with E-state index in [4.69, 9.17) is 0 Å². The number of alkyl halides is 3. The Morgan fingerprint density at radius 2 is 2.12 bits per heavy atom. The molecule has 16 heavy (non-hydrogen) atoms. The molecular formula is C9H15F3N2O2. The molecule has 0 aromatic rings. The second kappa shape index (κ2) is 4.90. The van der Waals surface area contributed by atoms with Gasteiger partial charge in [-0.1, -0.05) is 13.8 Å². The molecule has 1 fully saturated rings. The fourth-order valence-corrected chi connectivity index (χ4v) is 1.55. The van der Waals surface area contributed by atoms with E-state index in [0.717, 1.165) is 4.90 Å². The first-order chi connectivity index (χ1) is 7.29. The summed E-state index contributed by atoms with van der Waals surface area (Å²) in [4.78, 5) is 12.2. The molecule has 0 saturated carbocycles. The van der Waals surface area contributed by atoms with Gasteiger partial charge in [-0.3, -0.25) is 0 Å². The van der Waals surface area contributed by atoms with Crippen molar-refractivity contribution < 1.29 is 22.7 Å². The molecule has 0 aromatic carbocycles.